The molecule has 1 unspecified atom stereocenters. The highest BCUT2D eigenvalue weighted by Gasteiger charge is 2.21. The Balaban J connectivity index is 2.27. The molecule has 0 spiro atoms. The monoisotopic (exact) mass is 296 g/mol. The van der Waals surface area contributed by atoms with Crippen molar-refractivity contribution in [3.63, 3.8) is 0 Å². The van der Waals surface area contributed by atoms with Gasteiger partial charge in [-0.25, -0.2) is 8.42 Å². The van der Waals surface area contributed by atoms with E-state index in [1.165, 1.54) is 11.1 Å². The van der Waals surface area contributed by atoms with Crippen molar-refractivity contribution in [3.05, 3.63) is 29.3 Å². The SMILES string of the molecule is Cc1ccc(N2CCCS(=O)(=O)CC2)c(CC(C)N)c1. The standard InChI is InChI=1S/C15H24N2O2S/c1-12-4-5-15(14(10-12)11-13(2)16)17-6-3-8-20(18,19)9-7-17/h4-5,10,13H,3,6-9,11,16H2,1-2H3. The van der Waals surface area contributed by atoms with E-state index in [9.17, 15) is 8.42 Å². The van der Waals surface area contributed by atoms with E-state index in [4.69, 9.17) is 5.73 Å². The molecule has 0 aliphatic carbocycles. The Morgan fingerprint density at radius 1 is 1.30 bits per heavy atom. The van der Waals surface area contributed by atoms with Gasteiger partial charge >= 0.3 is 0 Å². The molecule has 0 radical (unpaired) electrons. The van der Waals surface area contributed by atoms with E-state index in [0.29, 0.717) is 18.7 Å². The van der Waals surface area contributed by atoms with Crippen molar-refractivity contribution in [2.24, 2.45) is 5.73 Å². The molecule has 112 valence electrons. The van der Waals surface area contributed by atoms with Gasteiger partial charge in [0.25, 0.3) is 0 Å². The molecule has 1 aromatic rings. The Hall–Kier alpha value is -1.07. The third-order valence-corrected chi connectivity index (χ3v) is 5.39. The summed E-state index contributed by atoms with van der Waals surface area (Å²) in [4.78, 5) is 2.20. The maximum atomic E-state index is 11.7. The van der Waals surface area contributed by atoms with Crippen LogP contribution in [0.4, 0.5) is 5.69 Å². The van der Waals surface area contributed by atoms with Gasteiger partial charge in [-0.2, -0.15) is 0 Å². The third-order valence-electron chi connectivity index (χ3n) is 3.67. The van der Waals surface area contributed by atoms with E-state index in [-0.39, 0.29) is 11.8 Å². The molecule has 20 heavy (non-hydrogen) atoms. The fourth-order valence-corrected chi connectivity index (χ4v) is 3.98. The topological polar surface area (TPSA) is 63.4 Å². The molecule has 4 nitrogen and oxygen atoms in total. The minimum absolute atomic E-state index is 0.103. The van der Waals surface area contributed by atoms with E-state index < -0.39 is 9.84 Å². The summed E-state index contributed by atoms with van der Waals surface area (Å²) in [5, 5.41) is 0. The van der Waals surface area contributed by atoms with Crippen LogP contribution in [0.25, 0.3) is 0 Å². The molecule has 5 heteroatoms. The van der Waals surface area contributed by atoms with Crippen LogP contribution < -0.4 is 10.6 Å². The summed E-state index contributed by atoms with van der Waals surface area (Å²) < 4.78 is 23.4. The fourth-order valence-electron chi connectivity index (χ4n) is 2.71. The molecule has 0 aromatic heterocycles. The van der Waals surface area contributed by atoms with E-state index in [1.54, 1.807) is 0 Å². The van der Waals surface area contributed by atoms with Crippen LogP contribution in [0.3, 0.4) is 0 Å². The number of nitrogens with two attached hydrogens (primary N) is 1. The lowest BCUT2D eigenvalue weighted by atomic mass is 10.0. The number of nitrogens with zero attached hydrogens (tertiary/aromatic N) is 1. The number of hydrogen-bond acceptors (Lipinski definition) is 4. The average molecular weight is 296 g/mol. The smallest absolute Gasteiger partial charge is 0.152 e. The van der Waals surface area contributed by atoms with Crippen LogP contribution in [-0.4, -0.2) is 39.1 Å². The molecule has 1 aliphatic heterocycles. The van der Waals surface area contributed by atoms with Crippen LogP contribution in [0.2, 0.25) is 0 Å². The van der Waals surface area contributed by atoms with Gasteiger partial charge in [-0.3, -0.25) is 0 Å². The molecule has 0 bridgehead atoms. The summed E-state index contributed by atoms with van der Waals surface area (Å²) in [7, 11) is -2.87. The summed E-state index contributed by atoms with van der Waals surface area (Å²) in [5.41, 5.74) is 9.51. The van der Waals surface area contributed by atoms with Gasteiger partial charge in [0.1, 0.15) is 0 Å². The Morgan fingerprint density at radius 2 is 2.05 bits per heavy atom. The van der Waals surface area contributed by atoms with Crippen molar-refractivity contribution in [3.8, 4) is 0 Å². The first kappa shape index (κ1) is 15.3. The first-order valence-corrected chi connectivity index (χ1v) is 9.00. The highest BCUT2D eigenvalue weighted by atomic mass is 32.2. The van der Waals surface area contributed by atoms with Crippen molar-refractivity contribution in [2.45, 2.75) is 32.7 Å². The Labute approximate surface area is 121 Å². The third kappa shape index (κ3) is 3.96. The summed E-state index contributed by atoms with van der Waals surface area (Å²) in [5.74, 6) is 0.552. The first-order valence-electron chi connectivity index (χ1n) is 7.18. The molecule has 1 heterocycles. The summed E-state index contributed by atoms with van der Waals surface area (Å²) >= 11 is 0. The van der Waals surface area contributed by atoms with E-state index in [0.717, 1.165) is 18.7 Å². The Kier molecular flexibility index (Phi) is 4.70. The molecular weight excluding hydrogens is 272 g/mol. The Bertz CT molecular complexity index is 567. The van der Waals surface area contributed by atoms with Crippen LogP contribution in [0.5, 0.6) is 0 Å². The number of benzene rings is 1. The van der Waals surface area contributed by atoms with Gasteiger partial charge < -0.3 is 10.6 Å². The van der Waals surface area contributed by atoms with Crippen LogP contribution >= 0.6 is 0 Å². The zero-order chi connectivity index (χ0) is 14.8. The van der Waals surface area contributed by atoms with E-state index >= 15 is 0 Å². The second kappa shape index (κ2) is 6.14. The average Bonchev–Trinajstić information content (AvgIpc) is 2.50. The van der Waals surface area contributed by atoms with Crippen LogP contribution in [0, 0.1) is 6.92 Å². The molecule has 0 saturated carbocycles. The number of sulfone groups is 1. The lowest BCUT2D eigenvalue weighted by Crippen LogP contribution is -2.29. The second-order valence-electron chi connectivity index (χ2n) is 5.81. The van der Waals surface area contributed by atoms with Gasteiger partial charge in [-0.15, -0.1) is 0 Å². The molecule has 1 aromatic carbocycles. The van der Waals surface area contributed by atoms with Crippen molar-refractivity contribution in [2.75, 3.05) is 29.5 Å². The number of aryl methyl sites for hydroxylation is 1. The van der Waals surface area contributed by atoms with Gasteiger partial charge in [-0.1, -0.05) is 17.7 Å². The van der Waals surface area contributed by atoms with E-state index in [2.05, 4.69) is 30.0 Å². The molecule has 0 amide bonds. The first-order chi connectivity index (χ1) is 9.37. The quantitative estimate of drug-likeness (QED) is 0.918. The van der Waals surface area contributed by atoms with Crippen LogP contribution in [-0.2, 0) is 16.3 Å². The minimum atomic E-state index is -2.87. The van der Waals surface area contributed by atoms with Gasteiger partial charge in [0, 0.05) is 24.8 Å². The van der Waals surface area contributed by atoms with Crippen molar-refractivity contribution < 1.29 is 8.42 Å². The molecule has 1 saturated heterocycles. The molecule has 2 N–H and O–H groups in total. The predicted octanol–water partition coefficient (Wildman–Crippen LogP) is 1.51. The normalized spacial score (nSPS) is 20.4. The minimum Gasteiger partial charge on any atom is -0.370 e. The van der Waals surface area contributed by atoms with Crippen molar-refractivity contribution in [1.82, 2.24) is 0 Å². The van der Waals surface area contributed by atoms with E-state index in [1.807, 2.05) is 6.92 Å². The lowest BCUT2D eigenvalue weighted by molar-refractivity contribution is 0.597. The van der Waals surface area contributed by atoms with Crippen LogP contribution in [0.15, 0.2) is 18.2 Å². The van der Waals surface area contributed by atoms with Gasteiger partial charge in [0.05, 0.1) is 11.5 Å². The zero-order valence-corrected chi connectivity index (χ0v) is 13.1. The van der Waals surface area contributed by atoms with Gasteiger partial charge in [-0.05, 0) is 38.3 Å². The number of anilines is 1. The Morgan fingerprint density at radius 3 is 2.75 bits per heavy atom. The molecule has 1 aliphatic rings. The number of rotatable bonds is 3. The van der Waals surface area contributed by atoms with Crippen molar-refractivity contribution >= 4 is 15.5 Å². The van der Waals surface area contributed by atoms with Gasteiger partial charge in [0.15, 0.2) is 9.84 Å². The maximum Gasteiger partial charge on any atom is 0.152 e. The predicted molar refractivity (Wildman–Crippen MR) is 84.0 cm³/mol. The highest BCUT2D eigenvalue weighted by molar-refractivity contribution is 7.91. The molecule has 1 atom stereocenters. The molecule has 1 fully saturated rings. The lowest BCUT2D eigenvalue weighted by Gasteiger charge is -2.26. The van der Waals surface area contributed by atoms with Crippen molar-refractivity contribution in [1.29, 1.82) is 0 Å². The highest BCUT2D eigenvalue weighted by Crippen LogP contribution is 2.24. The molecule has 2 rings (SSSR count). The second-order valence-corrected chi connectivity index (χ2v) is 8.11. The summed E-state index contributed by atoms with van der Waals surface area (Å²) in [6.45, 7) is 5.45. The van der Waals surface area contributed by atoms with Gasteiger partial charge in [0.2, 0.25) is 0 Å². The maximum absolute atomic E-state index is 11.7. The number of hydrogen-bond donors (Lipinski definition) is 1. The summed E-state index contributed by atoms with van der Waals surface area (Å²) in [6.07, 6.45) is 1.52. The largest absolute Gasteiger partial charge is 0.370 e. The molecular formula is C15H24N2O2S. The zero-order valence-electron chi connectivity index (χ0n) is 12.3. The van der Waals surface area contributed by atoms with Crippen LogP contribution in [0.1, 0.15) is 24.5 Å². The summed E-state index contributed by atoms with van der Waals surface area (Å²) in [6, 6.07) is 6.45. The fraction of sp³-hybridized carbons (Fsp3) is 0.600.